The van der Waals surface area contributed by atoms with Crippen LogP contribution in [0.2, 0.25) is 0 Å². The lowest BCUT2D eigenvalue weighted by atomic mass is 9.48. The first-order valence-electron chi connectivity index (χ1n) is 15.6. The third-order valence-electron chi connectivity index (χ3n) is 9.78. The Bertz CT molecular complexity index is 1350. The molecule has 0 aliphatic heterocycles. The molecule has 4 saturated carbocycles. The monoisotopic (exact) mass is 593 g/mol. The molecular weight excluding hydrogens is 546 g/mol. The molecule has 4 aliphatic rings. The minimum Gasteiger partial charge on any atom is -0.352 e. The number of aryl methyl sites for hydroxylation is 1. The first-order chi connectivity index (χ1) is 19.9. The van der Waals surface area contributed by atoms with Crippen molar-refractivity contribution in [2.45, 2.75) is 96.7 Å². The fourth-order valence-electron chi connectivity index (χ4n) is 8.25. The number of hydrogen-bond acceptors (Lipinski definition) is 4. The van der Waals surface area contributed by atoms with Gasteiger partial charge >= 0.3 is 0 Å². The Morgan fingerprint density at radius 3 is 1.95 bits per heavy atom. The molecule has 2 aromatic rings. The third kappa shape index (κ3) is 6.53. The van der Waals surface area contributed by atoms with Gasteiger partial charge in [0.1, 0.15) is 12.6 Å². The second kappa shape index (κ2) is 12.0. The van der Waals surface area contributed by atoms with E-state index in [1.165, 1.54) is 53.3 Å². The second-order valence-electron chi connectivity index (χ2n) is 13.6. The fraction of sp³-hybridized carbons (Fsp3) is 0.588. The van der Waals surface area contributed by atoms with Crippen molar-refractivity contribution in [2.75, 3.05) is 17.1 Å². The lowest BCUT2D eigenvalue weighted by molar-refractivity contribution is -0.140. The Kier molecular flexibility index (Phi) is 8.75. The fourth-order valence-corrected chi connectivity index (χ4v) is 9.10. The predicted octanol–water partition coefficient (Wildman–Crippen LogP) is 5.56. The summed E-state index contributed by atoms with van der Waals surface area (Å²) < 4.78 is 27.4. The zero-order valence-corrected chi connectivity index (χ0v) is 26.6. The van der Waals surface area contributed by atoms with E-state index in [1.54, 1.807) is 0 Å². The van der Waals surface area contributed by atoms with Crippen LogP contribution in [0.5, 0.6) is 0 Å². The first kappa shape index (κ1) is 30.6. The Morgan fingerprint density at radius 1 is 0.929 bits per heavy atom. The van der Waals surface area contributed by atoms with Crippen LogP contribution in [0, 0.1) is 24.7 Å². The predicted molar refractivity (Wildman–Crippen MR) is 168 cm³/mol. The molecule has 4 bridgehead atoms. The van der Waals surface area contributed by atoms with E-state index in [-0.39, 0.29) is 30.5 Å². The van der Waals surface area contributed by atoms with Gasteiger partial charge in [0, 0.05) is 12.6 Å². The van der Waals surface area contributed by atoms with Crippen LogP contribution in [0.1, 0.15) is 82.4 Å². The van der Waals surface area contributed by atoms with Crippen molar-refractivity contribution in [2.24, 2.45) is 17.8 Å². The highest BCUT2D eigenvalue weighted by Gasteiger charge is 2.51. The van der Waals surface area contributed by atoms with Crippen LogP contribution in [-0.2, 0) is 31.6 Å². The van der Waals surface area contributed by atoms with Crippen molar-refractivity contribution >= 4 is 27.5 Å². The van der Waals surface area contributed by atoms with Gasteiger partial charge in [0.05, 0.1) is 11.9 Å². The molecule has 0 radical (unpaired) electrons. The quantitative estimate of drug-likeness (QED) is 0.370. The van der Waals surface area contributed by atoms with E-state index in [1.807, 2.05) is 64.1 Å². The maximum absolute atomic E-state index is 14.0. The standard InChI is InChI=1S/C34H47N3O4S/c1-6-31(33(39)35-23(2)3)36(21-25-9-7-24(4)8-10-25)32(38)22-37(42(5,40)41)30-13-11-29(12-14-30)34-18-26-15-27(19-34)17-28(16-26)20-34/h7-14,23,26-28,31H,6,15-22H2,1-5H3,(H,35,39)/t26?,27?,28?,31-,34?/m1/s1. The number of amides is 2. The molecular formula is C34H47N3O4S. The molecule has 0 heterocycles. The first-order valence-corrected chi connectivity index (χ1v) is 17.5. The number of sulfonamides is 1. The number of rotatable bonds is 11. The Balaban J connectivity index is 1.40. The maximum Gasteiger partial charge on any atom is 0.244 e. The molecule has 2 amide bonds. The molecule has 8 heteroatoms. The number of carbonyl (C=O) groups is 2. The van der Waals surface area contributed by atoms with E-state index >= 15 is 0 Å². The number of benzene rings is 2. The molecule has 228 valence electrons. The molecule has 1 N–H and O–H groups in total. The molecule has 0 aromatic heterocycles. The average molecular weight is 594 g/mol. The summed E-state index contributed by atoms with van der Waals surface area (Å²) >= 11 is 0. The van der Waals surface area contributed by atoms with Crippen molar-refractivity contribution in [3.63, 3.8) is 0 Å². The van der Waals surface area contributed by atoms with Gasteiger partial charge in [-0.25, -0.2) is 8.42 Å². The van der Waals surface area contributed by atoms with E-state index < -0.39 is 22.0 Å². The molecule has 42 heavy (non-hydrogen) atoms. The van der Waals surface area contributed by atoms with Crippen LogP contribution in [0.4, 0.5) is 5.69 Å². The van der Waals surface area contributed by atoms with Crippen LogP contribution in [0.25, 0.3) is 0 Å². The van der Waals surface area contributed by atoms with Crippen LogP contribution in [0.15, 0.2) is 48.5 Å². The van der Waals surface area contributed by atoms with Gasteiger partial charge in [0.15, 0.2) is 0 Å². The molecule has 4 aliphatic carbocycles. The van der Waals surface area contributed by atoms with Crippen LogP contribution in [0.3, 0.4) is 0 Å². The minimum absolute atomic E-state index is 0.0807. The number of nitrogens with one attached hydrogen (secondary N) is 1. The summed E-state index contributed by atoms with van der Waals surface area (Å²) in [4.78, 5) is 28.7. The van der Waals surface area contributed by atoms with Gasteiger partial charge in [-0.05, 0) is 112 Å². The highest BCUT2D eigenvalue weighted by Crippen LogP contribution is 2.60. The Morgan fingerprint density at radius 2 is 1.48 bits per heavy atom. The summed E-state index contributed by atoms with van der Waals surface area (Å²) in [7, 11) is -3.77. The molecule has 6 rings (SSSR count). The normalized spacial score (nSPS) is 25.3. The molecule has 0 unspecified atom stereocenters. The van der Waals surface area contributed by atoms with E-state index in [0.29, 0.717) is 12.1 Å². The number of nitrogens with zero attached hydrogens (tertiary/aromatic N) is 2. The lowest BCUT2D eigenvalue weighted by Crippen LogP contribution is -2.53. The lowest BCUT2D eigenvalue weighted by Gasteiger charge is -2.57. The van der Waals surface area contributed by atoms with Gasteiger partial charge in [0.25, 0.3) is 0 Å². The summed E-state index contributed by atoms with van der Waals surface area (Å²) in [6.45, 7) is 7.48. The largest absolute Gasteiger partial charge is 0.352 e. The highest BCUT2D eigenvalue weighted by molar-refractivity contribution is 7.92. The zero-order valence-electron chi connectivity index (χ0n) is 25.8. The summed E-state index contributed by atoms with van der Waals surface area (Å²) in [5, 5.41) is 2.93. The Hall–Kier alpha value is -2.87. The highest BCUT2D eigenvalue weighted by atomic mass is 32.2. The Labute approximate surface area is 252 Å². The number of hydrogen-bond donors (Lipinski definition) is 1. The number of carbonyl (C=O) groups excluding carboxylic acids is 2. The van der Waals surface area contributed by atoms with Crippen molar-refractivity contribution in [3.8, 4) is 0 Å². The number of anilines is 1. The van der Waals surface area contributed by atoms with Gasteiger partial charge in [-0.3, -0.25) is 13.9 Å². The van der Waals surface area contributed by atoms with Gasteiger partial charge < -0.3 is 10.2 Å². The SMILES string of the molecule is CC[C@H](C(=O)NC(C)C)N(Cc1ccc(C)cc1)C(=O)CN(c1ccc(C23CC4CC(CC(C4)C2)C3)cc1)S(C)(=O)=O. The van der Waals surface area contributed by atoms with Crippen molar-refractivity contribution in [3.05, 3.63) is 65.2 Å². The van der Waals surface area contributed by atoms with E-state index in [9.17, 15) is 18.0 Å². The summed E-state index contributed by atoms with van der Waals surface area (Å²) in [5.74, 6) is 1.82. The topological polar surface area (TPSA) is 86.8 Å². The van der Waals surface area contributed by atoms with Crippen LogP contribution >= 0.6 is 0 Å². The minimum atomic E-state index is -3.77. The zero-order chi connectivity index (χ0) is 30.2. The molecule has 4 fully saturated rings. The van der Waals surface area contributed by atoms with Gasteiger partial charge in [0.2, 0.25) is 21.8 Å². The summed E-state index contributed by atoms with van der Waals surface area (Å²) in [5.41, 5.74) is 3.98. The van der Waals surface area contributed by atoms with Gasteiger partial charge in [-0.2, -0.15) is 0 Å². The van der Waals surface area contributed by atoms with Crippen molar-refractivity contribution < 1.29 is 18.0 Å². The molecule has 7 nitrogen and oxygen atoms in total. The average Bonchev–Trinajstić information content (AvgIpc) is 2.91. The van der Waals surface area contributed by atoms with Gasteiger partial charge in [-0.1, -0.05) is 48.9 Å². The van der Waals surface area contributed by atoms with Crippen LogP contribution in [-0.4, -0.2) is 50.0 Å². The molecule has 0 saturated heterocycles. The second-order valence-corrected chi connectivity index (χ2v) is 15.5. The third-order valence-corrected chi connectivity index (χ3v) is 10.9. The van der Waals surface area contributed by atoms with E-state index in [0.717, 1.165) is 35.1 Å². The van der Waals surface area contributed by atoms with Crippen LogP contribution < -0.4 is 9.62 Å². The van der Waals surface area contributed by atoms with Crippen molar-refractivity contribution in [1.29, 1.82) is 0 Å². The molecule has 2 aromatic carbocycles. The smallest absolute Gasteiger partial charge is 0.244 e. The molecule has 0 spiro atoms. The van der Waals surface area contributed by atoms with Crippen molar-refractivity contribution in [1.82, 2.24) is 10.2 Å². The van der Waals surface area contributed by atoms with E-state index in [4.69, 9.17) is 0 Å². The maximum atomic E-state index is 14.0. The van der Waals surface area contributed by atoms with Gasteiger partial charge in [-0.15, -0.1) is 0 Å². The van der Waals surface area contributed by atoms with E-state index in [2.05, 4.69) is 17.4 Å². The summed E-state index contributed by atoms with van der Waals surface area (Å²) in [6, 6.07) is 15.0. The molecule has 1 atom stereocenters. The summed E-state index contributed by atoms with van der Waals surface area (Å²) in [6.07, 6.45) is 9.36.